The Hall–Kier alpha value is -1.71. The number of aliphatic carboxylic acids is 2. The maximum atomic E-state index is 13.5. The smallest absolute Gasteiger partial charge is 0.308 e. The minimum atomic E-state index is -0.951. The average Bonchev–Trinajstić information content (AvgIpc) is 3.28. The molecule has 1 unspecified atom stereocenters. The summed E-state index contributed by atoms with van der Waals surface area (Å²) in [7, 11) is 1.56. The first-order chi connectivity index (χ1) is 16.3. The van der Waals surface area contributed by atoms with Crippen LogP contribution in [0.2, 0.25) is 0 Å². The van der Waals surface area contributed by atoms with Crippen LogP contribution in [0.15, 0.2) is 0 Å². The number of carboxylic acid groups (broad SMARTS) is 2. The van der Waals surface area contributed by atoms with Crippen molar-refractivity contribution in [3.63, 3.8) is 0 Å². The quantitative estimate of drug-likeness (QED) is 0.284. The van der Waals surface area contributed by atoms with Gasteiger partial charge in [-0.2, -0.15) is 0 Å². The topological polar surface area (TPSA) is 131 Å². The van der Waals surface area contributed by atoms with Crippen LogP contribution in [-0.4, -0.2) is 74.2 Å². The van der Waals surface area contributed by atoms with E-state index in [1.165, 1.54) is 0 Å². The Bertz CT molecular complexity index is 649. The van der Waals surface area contributed by atoms with Gasteiger partial charge in [0.25, 0.3) is 0 Å². The third kappa shape index (κ3) is 8.50. The summed E-state index contributed by atoms with van der Waals surface area (Å²) < 4.78 is 15.8. The summed E-state index contributed by atoms with van der Waals surface area (Å²) in [6.07, 6.45) is 6.75. The van der Waals surface area contributed by atoms with E-state index in [1.807, 2.05) is 6.92 Å². The molecular formula is C25H43NO8. The summed E-state index contributed by atoms with van der Waals surface area (Å²) >= 11 is 0. The Morgan fingerprint density at radius 3 is 2.41 bits per heavy atom. The number of methoxy groups -OCH3 is 1. The molecule has 0 spiro atoms. The number of carboxylic acids is 2. The lowest BCUT2D eigenvalue weighted by molar-refractivity contribution is -0.147. The SMILES string of the molecule is CCOCCC[C@H]1CC(NC(=O)C2(C[C@@H](COCCOC)C(=O)O)CCCC2)CC[C@H]1C(=O)O. The molecule has 1 amide bonds. The van der Waals surface area contributed by atoms with E-state index in [9.17, 15) is 24.6 Å². The predicted molar refractivity (Wildman–Crippen MR) is 125 cm³/mol. The van der Waals surface area contributed by atoms with Crippen molar-refractivity contribution >= 4 is 17.8 Å². The van der Waals surface area contributed by atoms with Crippen LogP contribution >= 0.6 is 0 Å². The van der Waals surface area contributed by atoms with Crippen LogP contribution in [0.25, 0.3) is 0 Å². The molecule has 0 aromatic carbocycles. The van der Waals surface area contributed by atoms with E-state index in [0.29, 0.717) is 58.5 Å². The lowest BCUT2D eigenvalue weighted by Crippen LogP contribution is -2.49. The molecule has 2 aliphatic carbocycles. The zero-order valence-corrected chi connectivity index (χ0v) is 20.8. The molecule has 0 saturated heterocycles. The molecule has 2 aliphatic rings. The van der Waals surface area contributed by atoms with Crippen molar-refractivity contribution in [3.05, 3.63) is 0 Å². The second kappa shape index (κ2) is 14.6. The van der Waals surface area contributed by atoms with Gasteiger partial charge in [-0.15, -0.1) is 0 Å². The Morgan fingerprint density at radius 2 is 1.79 bits per heavy atom. The summed E-state index contributed by atoms with van der Waals surface area (Å²) in [5.41, 5.74) is -0.707. The minimum absolute atomic E-state index is 0.00233. The van der Waals surface area contributed by atoms with Gasteiger partial charge in [0, 0.05) is 26.4 Å². The normalized spacial score (nSPS) is 25.1. The molecule has 9 nitrogen and oxygen atoms in total. The summed E-state index contributed by atoms with van der Waals surface area (Å²) in [6.45, 7) is 3.95. The number of hydrogen-bond donors (Lipinski definition) is 3. The Kier molecular flexibility index (Phi) is 12.3. The van der Waals surface area contributed by atoms with E-state index >= 15 is 0 Å². The molecule has 0 radical (unpaired) electrons. The van der Waals surface area contributed by atoms with Crippen LogP contribution in [0.1, 0.15) is 71.1 Å². The van der Waals surface area contributed by atoms with Crippen molar-refractivity contribution < 1.29 is 38.8 Å². The lowest BCUT2D eigenvalue weighted by atomic mass is 9.73. The molecule has 34 heavy (non-hydrogen) atoms. The predicted octanol–water partition coefficient (Wildman–Crippen LogP) is 3.10. The molecule has 3 N–H and O–H groups in total. The number of carbonyl (C=O) groups excluding carboxylic acids is 1. The van der Waals surface area contributed by atoms with Crippen molar-refractivity contribution in [3.8, 4) is 0 Å². The van der Waals surface area contributed by atoms with Gasteiger partial charge >= 0.3 is 11.9 Å². The van der Waals surface area contributed by atoms with E-state index in [-0.39, 0.29) is 30.9 Å². The fourth-order valence-electron chi connectivity index (χ4n) is 5.60. The zero-order chi connectivity index (χ0) is 25.0. The lowest BCUT2D eigenvalue weighted by Gasteiger charge is -2.37. The van der Waals surface area contributed by atoms with Crippen molar-refractivity contribution in [1.29, 1.82) is 0 Å². The van der Waals surface area contributed by atoms with Crippen molar-refractivity contribution in [2.45, 2.75) is 77.2 Å². The highest BCUT2D eigenvalue weighted by atomic mass is 16.5. The summed E-state index contributed by atoms with van der Waals surface area (Å²) in [5.74, 6) is -2.95. The van der Waals surface area contributed by atoms with Crippen LogP contribution in [-0.2, 0) is 28.6 Å². The third-order valence-electron chi connectivity index (χ3n) is 7.48. The van der Waals surface area contributed by atoms with Gasteiger partial charge < -0.3 is 29.7 Å². The van der Waals surface area contributed by atoms with Gasteiger partial charge in [-0.05, 0) is 64.2 Å². The molecule has 196 valence electrons. The monoisotopic (exact) mass is 485 g/mol. The number of nitrogens with one attached hydrogen (secondary N) is 1. The Morgan fingerprint density at radius 1 is 1.06 bits per heavy atom. The number of hydrogen-bond acceptors (Lipinski definition) is 6. The first kappa shape index (κ1) is 28.5. The molecular weight excluding hydrogens is 442 g/mol. The minimum Gasteiger partial charge on any atom is -0.481 e. The molecule has 2 fully saturated rings. The van der Waals surface area contributed by atoms with Crippen LogP contribution in [0.5, 0.6) is 0 Å². The summed E-state index contributed by atoms with van der Waals surface area (Å²) in [4.78, 5) is 37.1. The third-order valence-corrected chi connectivity index (χ3v) is 7.48. The first-order valence-corrected chi connectivity index (χ1v) is 12.7. The molecule has 2 rings (SSSR count). The fraction of sp³-hybridized carbons (Fsp3) is 0.880. The van der Waals surface area contributed by atoms with E-state index in [2.05, 4.69) is 5.32 Å². The molecule has 4 atom stereocenters. The highest BCUT2D eigenvalue weighted by Gasteiger charge is 2.45. The van der Waals surface area contributed by atoms with Crippen LogP contribution in [0.3, 0.4) is 0 Å². The summed E-state index contributed by atoms with van der Waals surface area (Å²) in [5, 5.41) is 22.6. The van der Waals surface area contributed by atoms with Gasteiger partial charge in [0.15, 0.2) is 0 Å². The number of carbonyl (C=O) groups is 3. The standard InChI is InChI=1S/C25H43NO8/c1-3-33-12-6-7-18-15-20(8-9-21(18)23(29)30)26-24(31)25(10-4-5-11-25)16-19(22(27)28)17-34-14-13-32-2/h18-21H,3-17H2,1-2H3,(H,26,31)(H,27,28)(H,29,30)/t18-,19-,20?,21+/m0/s1. The average molecular weight is 486 g/mol. The van der Waals surface area contributed by atoms with Gasteiger partial charge in [0.1, 0.15) is 0 Å². The maximum absolute atomic E-state index is 13.5. The largest absolute Gasteiger partial charge is 0.481 e. The maximum Gasteiger partial charge on any atom is 0.308 e. The van der Waals surface area contributed by atoms with Gasteiger partial charge in [-0.3, -0.25) is 14.4 Å². The number of ether oxygens (including phenoxy) is 3. The molecule has 0 aromatic rings. The molecule has 0 aromatic heterocycles. The molecule has 9 heteroatoms. The van der Waals surface area contributed by atoms with E-state index < -0.39 is 29.2 Å². The van der Waals surface area contributed by atoms with Crippen molar-refractivity contribution in [2.75, 3.05) is 40.1 Å². The zero-order valence-electron chi connectivity index (χ0n) is 20.8. The highest BCUT2D eigenvalue weighted by molar-refractivity contribution is 5.84. The molecule has 0 heterocycles. The molecule has 2 saturated carbocycles. The van der Waals surface area contributed by atoms with Gasteiger partial charge in [0.2, 0.25) is 5.91 Å². The van der Waals surface area contributed by atoms with Crippen LogP contribution in [0, 0.1) is 23.2 Å². The van der Waals surface area contributed by atoms with Crippen molar-refractivity contribution in [2.24, 2.45) is 23.2 Å². The molecule has 0 bridgehead atoms. The summed E-state index contributed by atoms with van der Waals surface area (Å²) in [6, 6.07) is -0.0844. The van der Waals surface area contributed by atoms with E-state index in [1.54, 1.807) is 7.11 Å². The van der Waals surface area contributed by atoms with Crippen LogP contribution in [0.4, 0.5) is 0 Å². The number of rotatable bonds is 16. The number of amides is 1. The fourth-order valence-corrected chi connectivity index (χ4v) is 5.60. The van der Waals surface area contributed by atoms with Gasteiger partial charge in [-0.25, -0.2) is 0 Å². The second-order valence-corrected chi connectivity index (χ2v) is 9.82. The van der Waals surface area contributed by atoms with Crippen LogP contribution < -0.4 is 5.32 Å². The Balaban J connectivity index is 2.00. The first-order valence-electron chi connectivity index (χ1n) is 12.7. The van der Waals surface area contributed by atoms with Gasteiger partial charge in [0.05, 0.1) is 37.1 Å². The van der Waals surface area contributed by atoms with E-state index in [4.69, 9.17) is 14.2 Å². The van der Waals surface area contributed by atoms with E-state index in [0.717, 1.165) is 25.7 Å². The second-order valence-electron chi connectivity index (χ2n) is 9.82. The highest BCUT2D eigenvalue weighted by Crippen LogP contribution is 2.44. The Labute approximate surface area is 202 Å². The van der Waals surface area contributed by atoms with Crippen molar-refractivity contribution in [1.82, 2.24) is 5.32 Å². The van der Waals surface area contributed by atoms with Gasteiger partial charge in [-0.1, -0.05) is 12.8 Å². The molecule has 0 aliphatic heterocycles.